The molecule has 0 spiro atoms. The molecule has 1 N–H and O–H groups in total. The maximum Gasteiger partial charge on any atom is 0.416 e. The minimum Gasteiger partial charge on any atom is -0.285 e. The van der Waals surface area contributed by atoms with Crippen LogP contribution in [0.25, 0.3) is 17.6 Å². The van der Waals surface area contributed by atoms with E-state index in [-0.39, 0.29) is 11.9 Å². The molecule has 1 aromatic heterocycles. The first-order valence-corrected chi connectivity index (χ1v) is 9.47. The SMILES string of the molecule is O=C(/C=C\n1cnc(-c2cc(C(F)(F)F)cc(C(F)(F)F)c2)n1)NN1CCCCCC1. The number of hydrogen-bond acceptors (Lipinski definition) is 4. The van der Waals surface area contributed by atoms with Gasteiger partial charge in [0.1, 0.15) is 6.33 Å². The summed E-state index contributed by atoms with van der Waals surface area (Å²) in [7, 11) is 0. The summed E-state index contributed by atoms with van der Waals surface area (Å²) < 4.78 is 79.1. The Labute approximate surface area is 173 Å². The van der Waals surface area contributed by atoms with Gasteiger partial charge in [-0.3, -0.25) is 10.2 Å². The molecule has 2 heterocycles. The van der Waals surface area contributed by atoms with Crippen LogP contribution < -0.4 is 5.43 Å². The molecule has 1 aliphatic heterocycles. The fourth-order valence-electron chi connectivity index (χ4n) is 3.08. The second-order valence-corrected chi connectivity index (χ2v) is 7.04. The normalized spacial score (nSPS) is 16.5. The number of hydrazine groups is 1. The van der Waals surface area contributed by atoms with E-state index in [0.717, 1.165) is 55.9 Å². The lowest BCUT2D eigenvalue weighted by atomic mass is 10.0. The van der Waals surface area contributed by atoms with Gasteiger partial charge in [0.15, 0.2) is 5.82 Å². The number of rotatable bonds is 4. The van der Waals surface area contributed by atoms with Crippen molar-refractivity contribution < 1.29 is 31.1 Å². The van der Waals surface area contributed by atoms with E-state index in [1.807, 2.05) is 0 Å². The largest absolute Gasteiger partial charge is 0.416 e. The summed E-state index contributed by atoms with van der Waals surface area (Å²) in [6.45, 7) is 1.45. The number of benzene rings is 1. The number of aromatic nitrogens is 3. The van der Waals surface area contributed by atoms with Crippen LogP contribution in [0.4, 0.5) is 26.3 Å². The average Bonchev–Trinajstić information content (AvgIpc) is 3.02. The van der Waals surface area contributed by atoms with Crippen molar-refractivity contribution in [2.75, 3.05) is 13.1 Å². The molecule has 1 fully saturated rings. The smallest absolute Gasteiger partial charge is 0.285 e. The monoisotopic (exact) mass is 447 g/mol. The van der Waals surface area contributed by atoms with Crippen molar-refractivity contribution in [1.82, 2.24) is 25.2 Å². The predicted molar refractivity (Wildman–Crippen MR) is 99.0 cm³/mol. The quantitative estimate of drug-likeness (QED) is 0.559. The molecule has 12 heteroatoms. The lowest BCUT2D eigenvalue weighted by molar-refractivity contribution is -0.143. The highest BCUT2D eigenvalue weighted by Crippen LogP contribution is 2.38. The van der Waals surface area contributed by atoms with Gasteiger partial charge in [0.05, 0.1) is 11.1 Å². The molecule has 3 rings (SSSR count). The number of alkyl halides is 6. The van der Waals surface area contributed by atoms with Gasteiger partial charge < -0.3 is 0 Å². The summed E-state index contributed by atoms with van der Waals surface area (Å²) in [5.74, 6) is -0.772. The zero-order valence-electron chi connectivity index (χ0n) is 16.2. The van der Waals surface area contributed by atoms with Crippen LogP contribution in [0, 0.1) is 0 Å². The van der Waals surface area contributed by atoms with Gasteiger partial charge in [0, 0.05) is 30.9 Å². The summed E-state index contributed by atoms with van der Waals surface area (Å²) >= 11 is 0. The van der Waals surface area contributed by atoms with Gasteiger partial charge in [-0.15, -0.1) is 5.10 Å². The highest BCUT2D eigenvalue weighted by atomic mass is 19.4. The molecule has 0 aliphatic carbocycles. The lowest BCUT2D eigenvalue weighted by Gasteiger charge is -2.19. The molecular formula is C19H19F6N5O. The summed E-state index contributed by atoms with van der Waals surface area (Å²) in [6.07, 6.45) is -2.38. The van der Waals surface area contributed by atoms with E-state index in [0.29, 0.717) is 12.1 Å². The number of nitrogens with one attached hydrogen (secondary N) is 1. The summed E-state index contributed by atoms with van der Waals surface area (Å²) in [5.41, 5.74) is -0.644. The van der Waals surface area contributed by atoms with Gasteiger partial charge in [0.25, 0.3) is 5.91 Å². The first-order valence-electron chi connectivity index (χ1n) is 9.47. The van der Waals surface area contributed by atoms with Crippen molar-refractivity contribution in [3.8, 4) is 11.4 Å². The fraction of sp³-hybridized carbons (Fsp3) is 0.421. The van der Waals surface area contributed by atoms with Crippen LogP contribution in [-0.2, 0) is 17.1 Å². The Bertz CT molecular complexity index is 910. The Balaban J connectivity index is 1.76. The van der Waals surface area contributed by atoms with Crippen molar-refractivity contribution in [3.63, 3.8) is 0 Å². The van der Waals surface area contributed by atoms with Gasteiger partial charge in [-0.1, -0.05) is 12.8 Å². The Hall–Kier alpha value is -2.89. The molecule has 0 radical (unpaired) electrons. The van der Waals surface area contributed by atoms with E-state index < -0.39 is 35.0 Å². The Morgan fingerprint density at radius 3 is 2.06 bits per heavy atom. The van der Waals surface area contributed by atoms with Crippen molar-refractivity contribution in [2.45, 2.75) is 38.0 Å². The molecular weight excluding hydrogens is 428 g/mol. The second-order valence-electron chi connectivity index (χ2n) is 7.04. The second kappa shape index (κ2) is 9.08. The topological polar surface area (TPSA) is 63.1 Å². The number of nitrogens with zero attached hydrogens (tertiary/aromatic N) is 4. The molecule has 0 atom stereocenters. The Morgan fingerprint density at radius 1 is 0.935 bits per heavy atom. The molecule has 6 nitrogen and oxygen atoms in total. The maximum atomic E-state index is 13.0. The number of hydrogen-bond donors (Lipinski definition) is 1. The van der Waals surface area contributed by atoms with Crippen LogP contribution >= 0.6 is 0 Å². The molecule has 2 aromatic rings. The number of amides is 1. The molecule has 1 aliphatic rings. The van der Waals surface area contributed by atoms with Crippen molar-refractivity contribution in [2.24, 2.45) is 0 Å². The van der Waals surface area contributed by atoms with E-state index in [2.05, 4.69) is 15.5 Å². The average molecular weight is 447 g/mol. The molecule has 31 heavy (non-hydrogen) atoms. The summed E-state index contributed by atoms with van der Waals surface area (Å²) in [6, 6.07) is 1.13. The summed E-state index contributed by atoms with van der Waals surface area (Å²) in [4.78, 5) is 15.8. The number of carbonyl (C=O) groups excluding carboxylic acids is 1. The van der Waals surface area contributed by atoms with Gasteiger partial charge in [-0.25, -0.2) is 14.7 Å². The Kier molecular flexibility index (Phi) is 6.68. The van der Waals surface area contributed by atoms with Crippen LogP contribution in [-0.4, -0.2) is 38.8 Å². The van der Waals surface area contributed by atoms with Gasteiger partial charge in [-0.05, 0) is 31.0 Å². The lowest BCUT2D eigenvalue weighted by Crippen LogP contribution is -2.41. The molecule has 1 aromatic carbocycles. The van der Waals surface area contributed by atoms with Crippen LogP contribution in [0.15, 0.2) is 30.6 Å². The van der Waals surface area contributed by atoms with Gasteiger partial charge in [-0.2, -0.15) is 26.3 Å². The molecule has 168 valence electrons. The Morgan fingerprint density at radius 2 is 1.52 bits per heavy atom. The predicted octanol–water partition coefficient (Wildman–Crippen LogP) is 4.36. The van der Waals surface area contributed by atoms with Crippen LogP contribution in [0.2, 0.25) is 0 Å². The van der Waals surface area contributed by atoms with E-state index in [4.69, 9.17) is 0 Å². The van der Waals surface area contributed by atoms with Crippen LogP contribution in [0.5, 0.6) is 0 Å². The molecule has 0 unspecified atom stereocenters. The molecule has 1 saturated heterocycles. The minimum atomic E-state index is -4.97. The van der Waals surface area contributed by atoms with Crippen molar-refractivity contribution in [3.05, 3.63) is 41.7 Å². The van der Waals surface area contributed by atoms with Gasteiger partial charge >= 0.3 is 12.4 Å². The zero-order chi connectivity index (χ0) is 22.6. The minimum absolute atomic E-state index is 0.0353. The highest BCUT2D eigenvalue weighted by molar-refractivity contribution is 5.89. The van der Waals surface area contributed by atoms with Crippen molar-refractivity contribution >= 4 is 12.1 Å². The molecule has 1 amide bonds. The van der Waals surface area contributed by atoms with Crippen molar-refractivity contribution in [1.29, 1.82) is 0 Å². The molecule has 0 bridgehead atoms. The van der Waals surface area contributed by atoms with Crippen LogP contribution in [0.1, 0.15) is 36.8 Å². The molecule has 0 saturated carbocycles. The van der Waals surface area contributed by atoms with Gasteiger partial charge in [0.2, 0.25) is 0 Å². The van der Waals surface area contributed by atoms with E-state index in [1.165, 1.54) is 6.20 Å². The third-order valence-corrected chi connectivity index (χ3v) is 4.61. The fourth-order valence-corrected chi connectivity index (χ4v) is 3.08. The number of carbonyl (C=O) groups is 1. The van der Waals surface area contributed by atoms with E-state index in [9.17, 15) is 31.1 Å². The summed E-state index contributed by atoms with van der Waals surface area (Å²) in [5, 5.41) is 5.65. The third kappa shape index (κ3) is 6.29. The standard InChI is InChI=1S/C19H19F6N5O/c20-18(21,22)14-9-13(10-15(11-14)19(23,24)25)17-26-12-30(28-17)8-5-16(31)27-29-6-3-1-2-4-7-29/h5,8-12H,1-4,6-7H2,(H,27,31)/b8-5-. The third-order valence-electron chi connectivity index (χ3n) is 4.61. The number of halogens is 6. The maximum absolute atomic E-state index is 13.0. The highest BCUT2D eigenvalue weighted by Gasteiger charge is 2.37. The van der Waals surface area contributed by atoms with E-state index in [1.54, 1.807) is 5.01 Å². The van der Waals surface area contributed by atoms with Crippen LogP contribution in [0.3, 0.4) is 0 Å². The first kappa shape index (κ1) is 22.8. The van der Waals surface area contributed by atoms with E-state index >= 15 is 0 Å². The zero-order valence-corrected chi connectivity index (χ0v) is 16.2. The first-order chi connectivity index (χ1) is 14.5.